The van der Waals surface area contributed by atoms with Gasteiger partial charge in [0.05, 0.1) is 38.9 Å². The van der Waals surface area contributed by atoms with Gasteiger partial charge in [-0.15, -0.1) is 5.10 Å². The predicted molar refractivity (Wildman–Crippen MR) is 131 cm³/mol. The van der Waals surface area contributed by atoms with Crippen molar-refractivity contribution >= 4 is 39.2 Å². The van der Waals surface area contributed by atoms with E-state index in [4.69, 9.17) is 25.5 Å². The fourth-order valence-corrected chi connectivity index (χ4v) is 4.03. The van der Waals surface area contributed by atoms with Crippen molar-refractivity contribution in [2.24, 2.45) is 0 Å². The number of rotatable bonds is 7. The van der Waals surface area contributed by atoms with Crippen LogP contribution in [-0.4, -0.2) is 29.2 Å². The molecule has 5 rings (SSSR count). The molecule has 0 amide bonds. The molecule has 0 radical (unpaired) electrons. The number of aromatic nitrogens is 3. The molecule has 0 saturated heterocycles. The first-order valence-electron chi connectivity index (χ1n) is 10.5. The maximum atomic E-state index is 13.3. The first kappa shape index (κ1) is 21.8. The lowest BCUT2D eigenvalue weighted by molar-refractivity contribution is 0.396. The first-order chi connectivity index (χ1) is 16.5. The molecule has 2 heterocycles. The van der Waals surface area contributed by atoms with Crippen LogP contribution in [0.5, 0.6) is 11.5 Å². The highest BCUT2D eigenvalue weighted by molar-refractivity contribution is 6.30. The van der Waals surface area contributed by atoms with Gasteiger partial charge in [-0.25, -0.2) is 4.68 Å². The van der Waals surface area contributed by atoms with Crippen molar-refractivity contribution in [2.75, 3.05) is 19.5 Å². The van der Waals surface area contributed by atoms with E-state index in [0.717, 1.165) is 16.9 Å². The van der Waals surface area contributed by atoms with Gasteiger partial charge >= 0.3 is 0 Å². The monoisotopic (exact) mass is 476 g/mol. The number of hydrogen-bond donors (Lipinski definition) is 1. The lowest BCUT2D eigenvalue weighted by atomic mass is 10.1. The topological polar surface area (TPSA) is 91.4 Å². The Labute approximate surface area is 199 Å². The Balaban J connectivity index is 1.38. The van der Waals surface area contributed by atoms with Crippen LogP contribution in [0.2, 0.25) is 5.02 Å². The third-order valence-corrected chi connectivity index (χ3v) is 5.69. The summed E-state index contributed by atoms with van der Waals surface area (Å²) in [6, 6.07) is 16.4. The summed E-state index contributed by atoms with van der Waals surface area (Å²) in [4.78, 5) is 13.3. The van der Waals surface area contributed by atoms with Crippen LogP contribution in [0.25, 0.3) is 21.9 Å². The van der Waals surface area contributed by atoms with E-state index in [1.165, 1.54) is 7.11 Å². The molecule has 0 spiro atoms. The molecule has 172 valence electrons. The number of fused-ring (bicyclic) bond motifs is 2. The summed E-state index contributed by atoms with van der Waals surface area (Å²) in [5.41, 5.74) is 3.28. The average molecular weight is 477 g/mol. The van der Waals surface area contributed by atoms with Gasteiger partial charge in [0.1, 0.15) is 33.7 Å². The molecule has 0 fully saturated rings. The minimum Gasteiger partial charge on any atom is -0.496 e. The Hall–Kier alpha value is -4.04. The Bertz CT molecular complexity index is 1560. The number of benzene rings is 3. The Kier molecular flexibility index (Phi) is 5.81. The van der Waals surface area contributed by atoms with Crippen LogP contribution in [0.4, 0.5) is 5.69 Å². The van der Waals surface area contributed by atoms with Crippen molar-refractivity contribution in [1.82, 2.24) is 15.0 Å². The van der Waals surface area contributed by atoms with E-state index in [0.29, 0.717) is 51.5 Å². The van der Waals surface area contributed by atoms with E-state index in [2.05, 4.69) is 15.6 Å². The SMILES string of the molecule is COc1cc(OC)c2c(=O)c3cc(NCc4cn(Cc5cccc(Cl)c5)nn4)ccc3oc2c1. The Morgan fingerprint density at radius 1 is 1.06 bits per heavy atom. The molecule has 0 aliphatic rings. The van der Waals surface area contributed by atoms with Gasteiger partial charge in [-0.3, -0.25) is 4.79 Å². The fourth-order valence-electron chi connectivity index (χ4n) is 3.82. The highest BCUT2D eigenvalue weighted by Gasteiger charge is 2.15. The van der Waals surface area contributed by atoms with Crippen LogP contribution in [-0.2, 0) is 13.1 Å². The molecule has 0 unspecified atom stereocenters. The zero-order valence-corrected chi connectivity index (χ0v) is 19.3. The van der Waals surface area contributed by atoms with Gasteiger partial charge in [0.25, 0.3) is 0 Å². The highest BCUT2D eigenvalue weighted by Crippen LogP contribution is 2.31. The maximum Gasteiger partial charge on any atom is 0.204 e. The van der Waals surface area contributed by atoms with Crippen LogP contribution in [0.3, 0.4) is 0 Å². The average Bonchev–Trinajstić information content (AvgIpc) is 3.29. The van der Waals surface area contributed by atoms with E-state index in [-0.39, 0.29) is 5.43 Å². The van der Waals surface area contributed by atoms with Crippen molar-refractivity contribution in [3.63, 3.8) is 0 Å². The second-order valence-electron chi connectivity index (χ2n) is 7.74. The molecule has 9 heteroatoms. The smallest absolute Gasteiger partial charge is 0.204 e. The van der Waals surface area contributed by atoms with Crippen LogP contribution < -0.4 is 20.2 Å². The van der Waals surface area contributed by atoms with Gasteiger partial charge in [-0.2, -0.15) is 0 Å². The molecule has 0 saturated carbocycles. The number of halogens is 1. The molecule has 5 aromatic rings. The number of nitrogens with zero attached hydrogens (tertiary/aromatic N) is 3. The van der Waals surface area contributed by atoms with E-state index in [1.54, 1.807) is 36.1 Å². The van der Waals surface area contributed by atoms with Crippen molar-refractivity contribution in [1.29, 1.82) is 0 Å². The molecule has 1 N–H and O–H groups in total. The quantitative estimate of drug-likeness (QED) is 0.335. The van der Waals surface area contributed by atoms with Crippen LogP contribution in [0.1, 0.15) is 11.3 Å². The summed E-state index contributed by atoms with van der Waals surface area (Å²) in [6.45, 7) is 1.02. The molecule has 0 aliphatic carbocycles. The molecular weight excluding hydrogens is 456 g/mol. The number of methoxy groups -OCH3 is 2. The fraction of sp³-hybridized carbons (Fsp3) is 0.160. The van der Waals surface area contributed by atoms with Crippen molar-refractivity contribution in [3.8, 4) is 11.5 Å². The second-order valence-corrected chi connectivity index (χ2v) is 8.17. The van der Waals surface area contributed by atoms with Crippen molar-refractivity contribution in [3.05, 3.63) is 87.3 Å². The van der Waals surface area contributed by atoms with Crippen LogP contribution in [0.15, 0.2) is 70.0 Å². The zero-order chi connectivity index (χ0) is 23.7. The van der Waals surface area contributed by atoms with E-state index < -0.39 is 0 Å². The normalized spacial score (nSPS) is 11.1. The summed E-state index contributed by atoms with van der Waals surface area (Å²) in [5.74, 6) is 0.952. The minimum atomic E-state index is -0.174. The summed E-state index contributed by atoms with van der Waals surface area (Å²) in [6.07, 6.45) is 1.87. The molecule has 2 aromatic heterocycles. The summed E-state index contributed by atoms with van der Waals surface area (Å²) in [5, 5.41) is 13.2. The molecule has 0 atom stereocenters. The largest absolute Gasteiger partial charge is 0.496 e. The van der Waals surface area contributed by atoms with E-state index in [1.807, 2.05) is 36.5 Å². The summed E-state index contributed by atoms with van der Waals surface area (Å²) < 4.78 is 18.4. The number of ether oxygens (including phenoxy) is 2. The lowest BCUT2D eigenvalue weighted by Gasteiger charge is -2.10. The first-order valence-corrected chi connectivity index (χ1v) is 10.9. The van der Waals surface area contributed by atoms with Gasteiger partial charge < -0.3 is 19.2 Å². The van der Waals surface area contributed by atoms with Crippen molar-refractivity contribution in [2.45, 2.75) is 13.1 Å². The molecular formula is C25H21ClN4O4. The third kappa shape index (κ3) is 4.27. The molecule has 0 aliphatic heterocycles. The highest BCUT2D eigenvalue weighted by atomic mass is 35.5. The number of nitrogens with one attached hydrogen (secondary N) is 1. The molecule has 8 nitrogen and oxygen atoms in total. The van der Waals surface area contributed by atoms with Gasteiger partial charge in [0.15, 0.2) is 0 Å². The van der Waals surface area contributed by atoms with Crippen molar-refractivity contribution < 1.29 is 13.9 Å². The number of hydrogen-bond acceptors (Lipinski definition) is 7. The number of anilines is 1. The third-order valence-electron chi connectivity index (χ3n) is 5.46. The van der Waals surface area contributed by atoms with Crippen LogP contribution in [0, 0.1) is 0 Å². The van der Waals surface area contributed by atoms with Gasteiger partial charge in [-0.05, 0) is 35.9 Å². The zero-order valence-electron chi connectivity index (χ0n) is 18.5. The molecule has 0 bridgehead atoms. The standard InChI is InChI=1S/C25H21ClN4O4/c1-32-19-10-22(33-2)24-23(11-19)34-21-7-6-17(9-20(21)25(24)31)27-12-18-14-30(29-28-18)13-15-4-3-5-16(26)8-15/h3-11,14,27H,12-13H2,1-2H3. The molecule has 34 heavy (non-hydrogen) atoms. The second kappa shape index (κ2) is 9.07. The van der Waals surface area contributed by atoms with E-state index >= 15 is 0 Å². The minimum absolute atomic E-state index is 0.174. The Morgan fingerprint density at radius 3 is 2.74 bits per heavy atom. The van der Waals surface area contributed by atoms with Gasteiger partial charge in [0, 0.05) is 22.8 Å². The summed E-state index contributed by atoms with van der Waals surface area (Å²) in [7, 11) is 3.06. The van der Waals surface area contributed by atoms with Crippen LogP contribution >= 0.6 is 11.6 Å². The maximum absolute atomic E-state index is 13.3. The lowest BCUT2D eigenvalue weighted by Crippen LogP contribution is -2.06. The van der Waals surface area contributed by atoms with E-state index in [9.17, 15) is 4.79 Å². The predicted octanol–water partition coefficient (Wildman–Crippen LogP) is 4.87. The summed E-state index contributed by atoms with van der Waals surface area (Å²) >= 11 is 6.05. The van der Waals surface area contributed by atoms with Gasteiger partial charge in [-0.1, -0.05) is 28.9 Å². The van der Waals surface area contributed by atoms with Gasteiger partial charge in [0.2, 0.25) is 5.43 Å². The molecule has 3 aromatic carbocycles. The Morgan fingerprint density at radius 2 is 1.94 bits per heavy atom.